The van der Waals surface area contributed by atoms with E-state index in [2.05, 4.69) is 5.32 Å². The van der Waals surface area contributed by atoms with Crippen LogP contribution in [-0.2, 0) is 15.9 Å². The number of aromatic hydroxyl groups is 1. The summed E-state index contributed by atoms with van der Waals surface area (Å²) in [6, 6.07) is 6.56. The van der Waals surface area contributed by atoms with E-state index < -0.39 is 71.5 Å². The highest BCUT2D eigenvalue weighted by Gasteiger charge is 2.52. The van der Waals surface area contributed by atoms with E-state index in [-0.39, 0.29) is 39.8 Å². The van der Waals surface area contributed by atoms with Crippen LogP contribution in [0, 0.1) is 18.7 Å². The molecule has 0 radical (unpaired) electrons. The van der Waals surface area contributed by atoms with Crippen LogP contribution in [0.2, 0.25) is 0 Å². The molecule has 0 spiro atoms. The van der Waals surface area contributed by atoms with Gasteiger partial charge in [-0.3, -0.25) is 4.79 Å². The molecule has 4 atom stereocenters. The lowest BCUT2D eigenvalue weighted by Gasteiger charge is -2.47. The van der Waals surface area contributed by atoms with Crippen LogP contribution in [0.1, 0.15) is 49.2 Å². The van der Waals surface area contributed by atoms with Gasteiger partial charge in [-0.2, -0.15) is 0 Å². The van der Waals surface area contributed by atoms with Crippen molar-refractivity contribution in [2.24, 2.45) is 11.7 Å². The second-order valence-electron chi connectivity index (χ2n) is 11.3. The number of aliphatic hydroxyl groups is 2. The summed E-state index contributed by atoms with van der Waals surface area (Å²) in [6.45, 7) is 8.01. The number of carbonyl (C=O) groups excluding carboxylic acids is 2. The van der Waals surface area contributed by atoms with Crippen LogP contribution in [-0.4, -0.2) is 58.0 Å². The van der Waals surface area contributed by atoms with E-state index in [0.717, 1.165) is 11.6 Å². The quantitative estimate of drug-likeness (QED) is 0.185. The molecule has 0 saturated carbocycles. The molecule has 236 valence electrons. The van der Waals surface area contributed by atoms with Crippen molar-refractivity contribution in [1.82, 2.24) is 0 Å². The lowest BCUT2D eigenvalue weighted by molar-refractivity contribution is -0.290. The predicted molar refractivity (Wildman–Crippen MR) is 157 cm³/mol. The number of aliphatic hydroxyl groups excluding tert-OH is 2. The third-order valence-electron chi connectivity index (χ3n) is 7.54. The van der Waals surface area contributed by atoms with Crippen LogP contribution >= 0.6 is 0 Å². The number of amides is 2. The molecule has 0 bridgehead atoms. The minimum atomic E-state index is -1.56. The van der Waals surface area contributed by atoms with Gasteiger partial charge >= 0.3 is 11.7 Å². The molecular weight excluding hydrogens is 579 g/mol. The second-order valence-corrected chi connectivity index (χ2v) is 11.3. The summed E-state index contributed by atoms with van der Waals surface area (Å²) in [5.74, 6) is -2.55. The number of fused-ring (bicyclic) bond motifs is 1. The summed E-state index contributed by atoms with van der Waals surface area (Å²) in [4.78, 5) is 37.4. The summed E-state index contributed by atoms with van der Waals surface area (Å²) in [6.07, 6.45) is -3.30. The molecule has 2 amide bonds. The fourth-order valence-electron chi connectivity index (χ4n) is 5.05. The number of nitrogens with two attached hydrogens (primary N) is 1. The number of anilines is 1. The fourth-order valence-corrected chi connectivity index (χ4v) is 5.05. The van der Waals surface area contributed by atoms with Gasteiger partial charge in [-0.15, -0.1) is 0 Å². The van der Waals surface area contributed by atoms with Gasteiger partial charge in [0.05, 0.1) is 23.5 Å². The van der Waals surface area contributed by atoms with Gasteiger partial charge in [-0.25, -0.2) is 14.0 Å². The van der Waals surface area contributed by atoms with Gasteiger partial charge < -0.3 is 45.0 Å². The van der Waals surface area contributed by atoms with E-state index in [1.165, 1.54) is 31.2 Å². The maximum Gasteiger partial charge on any atom is 0.404 e. The van der Waals surface area contributed by atoms with E-state index in [1.54, 1.807) is 13.8 Å². The summed E-state index contributed by atoms with van der Waals surface area (Å²) >= 11 is 0. The molecule has 1 unspecified atom stereocenters. The van der Waals surface area contributed by atoms with Crippen LogP contribution in [0.3, 0.4) is 0 Å². The molecule has 4 rings (SSSR count). The molecule has 1 aromatic heterocycles. The summed E-state index contributed by atoms with van der Waals surface area (Å²) in [7, 11) is 0. The maximum atomic E-state index is 14.3. The van der Waals surface area contributed by atoms with E-state index in [1.807, 2.05) is 19.9 Å². The van der Waals surface area contributed by atoms with Crippen molar-refractivity contribution < 1.29 is 47.9 Å². The van der Waals surface area contributed by atoms with Gasteiger partial charge in [-0.1, -0.05) is 11.6 Å². The number of carbonyl (C=O) groups is 2. The molecule has 44 heavy (non-hydrogen) atoms. The molecule has 2 aromatic carbocycles. The van der Waals surface area contributed by atoms with Gasteiger partial charge in [0.25, 0.3) is 5.91 Å². The monoisotopic (exact) mass is 614 g/mol. The first-order chi connectivity index (χ1) is 20.6. The van der Waals surface area contributed by atoms with Crippen LogP contribution in [0.4, 0.5) is 14.9 Å². The van der Waals surface area contributed by atoms with Crippen molar-refractivity contribution in [1.29, 1.82) is 0 Å². The second kappa shape index (κ2) is 12.6. The van der Waals surface area contributed by atoms with E-state index in [9.17, 15) is 34.1 Å². The third kappa shape index (κ3) is 6.54. The highest BCUT2D eigenvalue weighted by atomic mass is 19.1. The minimum Gasteiger partial charge on any atom is -0.505 e. The predicted octanol–water partition coefficient (Wildman–Crippen LogP) is 3.65. The van der Waals surface area contributed by atoms with Crippen molar-refractivity contribution in [2.45, 2.75) is 65.1 Å². The molecule has 6 N–H and O–H groups in total. The molecule has 0 aliphatic carbocycles. The number of ether oxygens (including phenoxy) is 3. The Balaban J connectivity index is 1.63. The molecule has 2 heterocycles. The first kappa shape index (κ1) is 32.5. The highest BCUT2D eigenvalue weighted by molar-refractivity contribution is 6.06. The number of halogens is 1. The molecule has 1 fully saturated rings. The molecule has 12 nitrogen and oxygen atoms in total. The Morgan fingerprint density at radius 2 is 1.91 bits per heavy atom. The van der Waals surface area contributed by atoms with Crippen LogP contribution in [0.25, 0.3) is 11.0 Å². The molecule has 1 aliphatic rings. The van der Waals surface area contributed by atoms with E-state index >= 15 is 0 Å². The SMILES string of the molecule is CC(C)=CCc1cc(C(=O)Nc2c(O)c3ccc(O[C@@H]4OC(C)(C)[C@H](CO)[C@H](OC(N)=O)C4O)c(C)c3oc2=O)ccc1F. The largest absolute Gasteiger partial charge is 0.505 e. The van der Waals surface area contributed by atoms with Crippen LogP contribution < -0.4 is 21.4 Å². The molecular formula is C31H35FN2O10. The number of nitrogens with one attached hydrogen (secondary N) is 1. The zero-order valence-corrected chi connectivity index (χ0v) is 24.8. The molecule has 3 aromatic rings. The van der Waals surface area contributed by atoms with Gasteiger partial charge in [0.2, 0.25) is 6.29 Å². The number of benzene rings is 2. The van der Waals surface area contributed by atoms with Crippen LogP contribution in [0.15, 0.2) is 51.2 Å². The summed E-state index contributed by atoms with van der Waals surface area (Å²) in [5.41, 5.74) is 3.96. The Morgan fingerprint density at radius 3 is 2.55 bits per heavy atom. The first-order valence-electron chi connectivity index (χ1n) is 13.8. The van der Waals surface area contributed by atoms with Crippen molar-refractivity contribution in [2.75, 3.05) is 11.9 Å². The number of hydrogen-bond acceptors (Lipinski definition) is 10. The first-order valence-corrected chi connectivity index (χ1v) is 13.8. The number of aryl methyl sites for hydroxylation is 1. The van der Waals surface area contributed by atoms with Crippen molar-refractivity contribution in [3.8, 4) is 11.5 Å². The number of primary amides is 1. The fraction of sp³-hybridized carbons (Fsp3) is 0.387. The zero-order chi connectivity index (χ0) is 32.5. The Morgan fingerprint density at radius 1 is 1.20 bits per heavy atom. The Labute approximate surface area is 251 Å². The van der Waals surface area contributed by atoms with Gasteiger partial charge in [-0.05, 0) is 76.9 Å². The standard InChI is InChI=1S/C31H35FN2O10/c1-14(2)6-7-16-12-17(8-10-20(16)32)27(38)34-22-23(36)18-9-11-21(15(3)25(18)42-28(22)39)41-29-24(37)26(43-30(33)40)19(13-35)31(4,5)44-29/h6,8-12,19,24,26,29,35-37H,7,13H2,1-5H3,(H2,33,40)(H,34,38)/t19-,24?,26+,29-/m1/s1. The molecule has 1 aliphatic heterocycles. The normalized spacial score (nSPS) is 21.0. The van der Waals surface area contributed by atoms with Crippen molar-refractivity contribution >= 4 is 28.7 Å². The Kier molecular flexibility index (Phi) is 9.33. The highest BCUT2D eigenvalue weighted by Crippen LogP contribution is 2.39. The average Bonchev–Trinajstić information content (AvgIpc) is 2.94. The third-order valence-corrected chi connectivity index (χ3v) is 7.54. The number of hydrogen-bond donors (Lipinski definition) is 5. The lowest BCUT2D eigenvalue weighted by Crippen LogP contribution is -2.62. The summed E-state index contributed by atoms with van der Waals surface area (Å²) in [5, 5.41) is 34.1. The number of allylic oxidation sites excluding steroid dienone is 2. The zero-order valence-electron chi connectivity index (χ0n) is 24.8. The van der Waals surface area contributed by atoms with Gasteiger partial charge in [0, 0.05) is 11.1 Å². The van der Waals surface area contributed by atoms with E-state index in [0.29, 0.717) is 0 Å². The minimum absolute atomic E-state index is 0.0637. The van der Waals surface area contributed by atoms with Crippen molar-refractivity contribution in [3.05, 3.63) is 74.9 Å². The molecule has 1 saturated heterocycles. The maximum absolute atomic E-state index is 14.3. The average molecular weight is 615 g/mol. The van der Waals surface area contributed by atoms with Gasteiger partial charge in [0.1, 0.15) is 23.3 Å². The number of rotatable bonds is 8. The smallest absolute Gasteiger partial charge is 0.404 e. The van der Waals surface area contributed by atoms with Gasteiger partial charge in [0.15, 0.2) is 17.5 Å². The topological polar surface area (TPSA) is 191 Å². The summed E-state index contributed by atoms with van der Waals surface area (Å²) < 4.78 is 36.6. The van der Waals surface area contributed by atoms with Crippen LogP contribution in [0.5, 0.6) is 11.5 Å². The lowest BCUT2D eigenvalue weighted by atomic mass is 9.81. The Bertz CT molecular complexity index is 1680. The Hall–Kier alpha value is -4.46. The molecule has 13 heteroatoms. The van der Waals surface area contributed by atoms with Crippen molar-refractivity contribution in [3.63, 3.8) is 0 Å². The van der Waals surface area contributed by atoms with E-state index in [4.69, 9.17) is 24.4 Å².